The van der Waals surface area contributed by atoms with Crippen LogP contribution in [-0.4, -0.2) is 28.1 Å². The Bertz CT molecular complexity index is 48.8. The molecule has 0 radical (unpaired) electrons. The van der Waals surface area contributed by atoms with Gasteiger partial charge in [-0.1, -0.05) is 13.8 Å². The second-order valence-electron chi connectivity index (χ2n) is 1.72. The summed E-state index contributed by atoms with van der Waals surface area (Å²) in [7, 11) is 0. The van der Waals surface area contributed by atoms with Gasteiger partial charge in [-0.15, -0.1) is 0 Å². The van der Waals surface area contributed by atoms with E-state index in [0.29, 0.717) is 0 Å². The molecule has 0 amide bonds. The van der Waals surface area contributed by atoms with Gasteiger partial charge in [0.05, 0.1) is 0 Å². The minimum Gasteiger partial charge on any atom is -0.161 e. The third-order valence-electron chi connectivity index (χ3n) is 0.947. The summed E-state index contributed by atoms with van der Waals surface area (Å²) in [6, 6.07) is 0. The molecule has 0 rings (SSSR count). The van der Waals surface area contributed by atoms with Crippen LogP contribution in [0.5, 0.6) is 0 Å². The highest BCUT2D eigenvalue weighted by molar-refractivity contribution is 8.16. The van der Waals surface area contributed by atoms with Crippen molar-refractivity contribution < 1.29 is 0 Å². The Labute approximate surface area is 77.3 Å². The van der Waals surface area contributed by atoms with E-state index in [-0.39, 0.29) is 0 Å². The molecule has 0 aliphatic rings. The van der Waals surface area contributed by atoms with Crippen molar-refractivity contribution in [1.82, 2.24) is 0 Å². The van der Waals surface area contributed by atoms with E-state index in [1.165, 1.54) is 28.1 Å². The second kappa shape index (κ2) is 10.0. The zero-order valence-electron chi connectivity index (χ0n) is 6.76. The summed E-state index contributed by atoms with van der Waals surface area (Å²) in [5, 5.41) is 1.28. The molecule has 0 saturated heterocycles. The minimum absolute atomic E-state index is 1.26. The number of thioether (sulfide) groups is 3. The van der Waals surface area contributed by atoms with Gasteiger partial charge in [0.2, 0.25) is 0 Å². The van der Waals surface area contributed by atoms with Crippen LogP contribution in [0.4, 0.5) is 0 Å². The van der Waals surface area contributed by atoms with Crippen LogP contribution < -0.4 is 0 Å². The van der Waals surface area contributed by atoms with E-state index < -0.39 is 0 Å². The molecule has 0 aromatic rings. The Morgan fingerprint density at radius 1 is 0.800 bits per heavy atom. The van der Waals surface area contributed by atoms with Crippen molar-refractivity contribution in [2.24, 2.45) is 0 Å². The van der Waals surface area contributed by atoms with Crippen molar-refractivity contribution in [3.8, 4) is 0 Å². The van der Waals surface area contributed by atoms with Crippen molar-refractivity contribution in [3.05, 3.63) is 0 Å². The van der Waals surface area contributed by atoms with Gasteiger partial charge in [0.25, 0.3) is 0 Å². The van der Waals surface area contributed by atoms with E-state index in [9.17, 15) is 0 Å². The maximum Gasteiger partial charge on any atom is 0.0392 e. The van der Waals surface area contributed by atoms with Gasteiger partial charge in [-0.25, -0.2) is 0 Å². The van der Waals surface area contributed by atoms with Gasteiger partial charge in [0.15, 0.2) is 0 Å². The molecule has 62 valence electrons. The Morgan fingerprint density at radius 2 is 1.40 bits per heavy atom. The fourth-order valence-electron chi connectivity index (χ4n) is 0.463. The van der Waals surface area contributed by atoms with E-state index in [1.807, 2.05) is 23.5 Å². The van der Waals surface area contributed by atoms with E-state index in [4.69, 9.17) is 0 Å². The van der Waals surface area contributed by atoms with E-state index in [1.54, 1.807) is 0 Å². The summed E-state index contributed by atoms with van der Waals surface area (Å²) >= 11 is 6.12. The molecule has 10 heavy (non-hydrogen) atoms. The third-order valence-corrected chi connectivity index (χ3v) is 4.34. The molecule has 0 aliphatic carbocycles. The molecule has 0 aliphatic heterocycles. The van der Waals surface area contributed by atoms with Crippen LogP contribution in [0, 0.1) is 0 Å². The summed E-state index contributed by atoms with van der Waals surface area (Å²) in [5.41, 5.74) is 0. The first-order valence-corrected chi connectivity index (χ1v) is 7.11. The minimum atomic E-state index is 1.26. The Balaban J connectivity index is 2.65. The first-order chi connectivity index (χ1) is 4.91. The monoisotopic (exact) mass is 196 g/mol. The zero-order valence-corrected chi connectivity index (χ0v) is 9.21. The van der Waals surface area contributed by atoms with Crippen LogP contribution >= 0.6 is 35.3 Å². The van der Waals surface area contributed by atoms with E-state index in [0.717, 1.165) is 0 Å². The molecular weight excluding hydrogens is 180 g/mol. The van der Waals surface area contributed by atoms with Crippen LogP contribution in [0.25, 0.3) is 0 Å². The first kappa shape index (κ1) is 11.1. The highest BCUT2D eigenvalue weighted by Crippen LogP contribution is 2.12. The quantitative estimate of drug-likeness (QED) is 0.453. The lowest BCUT2D eigenvalue weighted by Crippen LogP contribution is -1.84. The first-order valence-electron chi connectivity index (χ1n) is 3.65. The highest BCUT2D eigenvalue weighted by atomic mass is 32.2. The van der Waals surface area contributed by atoms with Crippen LogP contribution in [0.1, 0.15) is 13.8 Å². The van der Waals surface area contributed by atoms with Gasteiger partial charge >= 0.3 is 0 Å². The lowest BCUT2D eigenvalue weighted by Gasteiger charge is -1.98. The Morgan fingerprint density at radius 3 is 2.00 bits per heavy atom. The molecule has 0 N–H and O–H groups in total. The fourth-order valence-corrected chi connectivity index (χ4v) is 3.30. The summed E-state index contributed by atoms with van der Waals surface area (Å²) in [6.07, 6.45) is 0. The summed E-state index contributed by atoms with van der Waals surface area (Å²) in [5.74, 6) is 5.17. The lowest BCUT2D eigenvalue weighted by atomic mass is 10.9. The largest absolute Gasteiger partial charge is 0.161 e. The molecule has 3 heteroatoms. The van der Waals surface area contributed by atoms with Crippen molar-refractivity contribution in [2.75, 3.05) is 28.1 Å². The Kier molecular flexibility index (Phi) is 11.1. The molecule has 0 spiro atoms. The van der Waals surface area contributed by atoms with Crippen LogP contribution in [0.15, 0.2) is 0 Å². The van der Waals surface area contributed by atoms with Crippen LogP contribution in [0.3, 0.4) is 0 Å². The lowest BCUT2D eigenvalue weighted by molar-refractivity contribution is 1.48. The van der Waals surface area contributed by atoms with Gasteiger partial charge in [0.1, 0.15) is 0 Å². The molecule has 0 bridgehead atoms. The molecular formula is C7H16S3. The molecule has 0 heterocycles. The number of hydrogen-bond acceptors (Lipinski definition) is 3. The maximum absolute atomic E-state index is 2.22. The Hall–Kier alpha value is 1.05. The predicted octanol–water partition coefficient (Wildman–Crippen LogP) is 3.18. The third kappa shape index (κ3) is 9.05. The van der Waals surface area contributed by atoms with Crippen molar-refractivity contribution in [1.29, 1.82) is 0 Å². The molecule has 0 fully saturated rings. The van der Waals surface area contributed by atoms with Gasteiger partial charge < -0.3 is 0 Å². The second-order valence-corrected chi connectivity index (χ2v) is 5.85. The summed E-state index contributed by atoms with van der Waals surface area (Å²) in [6.45, 7) is 4.43. The molecule has 0 unspecified atom stereocenters. The smallest absolute Gasteiger partial charge is 0.0392 e. The van der Waals surface area contributed by atoms with Gasteiger partial charge in [-0.2, -0.15) is 35.3 Å². The van der Waals surface area contributed by atoms with Crippen molar-refractivity contribution >= 4 is 35.3 Å². The van der Waals surface area contributed by atoms with Gasteiger partial charge in [0, 0.05) is 16.6 Å². The van der Waals surface area contributed by atoms with E-state index in [2.05, 4.69) is 25.6 Å². The van der Waals surface area contributed by atoms with Crippen molar-refractivity contribution in [2.45, 2.75) is 13.8 Å². The topological polar surface area (TPSA) is 0 Å². The standard InChI is InChI=1S/C7H16S3/c1-3-8-5-6-10-7-9-4-2/h3-7H2,1-2H3. The zero-order chi connectivity index (χ0) is 7.66. The number of hydrogen-bond donors (Lipinski definition) is 0. The molecule has 0 aromatic carbocycles. The van der Waals surface area contributed by atoms with E-state index >= 15 is 0 Å². The molecule has 0 aromatic heterocycles. The maximum atomic E-state index is 2.22. The van der Waals surface area contributed by atoms with Crippen molar-refractivity contribution in [3.63, 3.8) is 0 Å². The average molecular weight is 196 g/mol. The molecule has 0 atom stereocenters. The predicted molar refractivity (Wildman–Crippen MR) is 58.5 cm³/mol. The summed E-state index contributed by atoms with van der Waals surface area (Å²) < 4.78 is 0. The van der Waals surface area contributed by atoms with Gasteiger partial charge in [-0.3, -0.25) is 0 Å². The average Bonchev–Trinajstić information content (AvgIpc) is 1.97. The summed E-state index contributed by atoms with van der Waals surface area (Å²) in [4.78, 5) is 0. The number of rotatable bonds is 7. The highest BCUT2D eigenvalue weighted by Gasteiger charge is 1.87. The normalized spacial score (nSPS) is 10.2. The molecule has 0 saturated carbocycles. The SMILES string of the molecule is CCSCCSCSCC. The van der Waals surface area contributed by atoms with Gasteiger partial charge in [-0.05, 0) is 11.5 Å². The fraction of sp³-hybridized carbons (Fsp3) is 1.00. The van der Waals surface area contributed by atoms with Crippen LogP contribution in [0.2, 0.25) is 0 Å². The molecule has 0 nitrogen and oxygen atoms in total. The van der Waals surface area contributed by atoms with Crippen LogP contribution in [-0.2, 0) is 0 Å².